The zero-order valence-corrected chi connectivity index (χ0v) is 12.7. The van der Waals surface area contributed by atoms with Gasteiger partial charge in [-0.1, -0.05) is 19.8 Å². The van der Waals surface area contributed by atoms with Gasteiger partial charge in [0.25, 0.3) is 11.7 Å². The van der Waals surface area contributed by atoms with Crippen LogP contribution in [0, 0.1) is 5.92 Å². The SMILES string of the molecule is CC1CCCC(Sc2ccc3c(c2)N(C)C(=O)C3=O)C1. The van der Waals surface area contributed by atoms with Crippen molar-refractivity contribution in [1.82, 2.24) is 0 Å². The average Bonchev–Trinajstić information content (AvgIpc) is 2.64. The van der Waals surface area contributed by atoms with E-state index >= 15 is 0 Å². The van der Waals surface area contributed by atoms with Crippen molar-refractivity contribution in [2.24, 2.45) is 5.92 Å². The molecule has 1 aliphatic heterocycles. The Kier molecular flexibility index (Phi) is 3.59. The van der Waals surface area contributed by atoms with E-state index in [1.165, 1.54) is 30.6 Å². The first kappa shape index (κ1) is 13.7. The summed E-state index contributed by atoms with van der Waals surface area (Å²) in [6.07, 6.45) is 5.17. The Morgan fingerprint density at radius 3 is 2.80 bits per heavy atom. The topological polar surface area (TPSA) is 37.4 Å². The number of carbonyl (C=O) groups is 2. The number of benzene rings is 1. The molecule has 2 aliphatic rings. The number of fused-ring (bicyclic) bond motifs is 1. The van der Waals surface area contributed by atoms with Gasteiger partial charge >= 0.3 is 0 Å². The zero-order valence-electron chi connectivity index (χ0n) is 11.9. The van der Waals surface area contributed by atoms with Gasteiger partial charge in [0.2, 0.25) is 0 Å². The van der Waals surface area contributed by atoms with Crippen molar-refractivity contribution in [2.45, 2.75) is 42.8 Å². The molecule has 1 saturated carbocycles. The molecule has 1 aromatic carbocycles. The maximum atomic E-state index is 11.8. The third kappa shape index (κ3) is 2.37. The van der Waals surface area contributed by atoms with Crippen LogP contribution >= 0.6 is 11.8 Å². The molecule has 3 nitrogen and oxygen atoms in total. The van der Waals surface area contributed by atoms with Crippen molar-refractivity contribution < 1.29 is 9.59 Å². The Morgan fingerprint density at radius 2 is 2.05 bits per heavy atom. The second kappa shape index (κ2) is 5.24. The number of thioether (sulfide) groups is 1. The van der Waals surface area contributed by atoms with Gasteiger partial charge in [0.05, 0.1) is 11.3 Å². The van der Waals surface area contributed by atoms with Crippen molar-refractivity contribution in [2.75, 3.05) is 11.9 Å². The van der Waals surface area contributed by atoms with Crippen molar-refractivity contribution in [1.29, 1.82) is 0 Å². The average molecular weight is 289 g/mol. The van der Waals surface area contributed by atoms with Crippen LogP contribution in [0.5, 0.6) is 0 Å². The van der Waals surface area contributed by atoms with Crippen LogP contribution in [0.2, 0.25) is 0 Å². The summed E-state index contributed by atoms with van der Waals surface area (Å²) in [5.41, 5.74) is 1.30. The van der Waals surface area contributed by atoms with Crippen LogP contribution < -0.4 is 4.90 Å². The maximum Gasteiger partial charge on any atom is 0.299 e. The van der Waals surface area contributed by atoms with Crippen molar-refractivity contribution in [3.8, 4) is 0 Å². The second-order valence-electron chi connectivity index (χ2n) is 5.88. The molecule has 1 aromatic rings. The summed E-state index contributed by atoms with van der Waals surface area (Å²) in [5.74, 6) is 0.000263. The summed E-state index contributed by atoms with van der Waals surface area (Å²) in [6.45, 7) is 2.32. The third-order valence-corrected chi connectivity index (χ3v) is 5.55. The maximum absolute atomic E-state index is 11.8. The normalized spacial score (nSPS) is 26.0. The van der Waals surface area contributed by atoms with Gasteiger partial charge in [0.1, 0.15) is 0 Å². The first-order valence-corrected chi connectivity index (χ1v) is 8.07. The fraction of sp³-hybridized carbons (Fsp3) is 0.500. The third-order valence-electron chi connectivity index (χ3n) is 4.27. The summed E-state index contributed by atoms with van der Waals surface area (Å²) in [4.78, 5) is 26.1. The van der Waals surface area contributed by atoms with Crippen molar-refractivity contribution in [3.63, 3.8) is 0 Å². The molecule has 2 unspecified atom stereocenters. The van der Waals surface area contributed by atoms with Crippen LogP contribution in [0.15, 0.2) is 23.1 Å². The zero-order chi connectivity index (χ0) is 14.3. The Balaban J connectivity index is 1.80. The van der Waals surface area contributed by atoms with Gasteiger partial charge in [0, 0.05) is 17.2 Å². The highest BCUT2D eigenvalue weighted by molar-refractivity contribution is 8.00. The van der Waals surface area contributed by atoms with Gasteiger partial charge in [-0.05, 0) is 37.0 Å². The molecule has 0 spiro atoms. The first-order valence-electron chi connectivity index (χ1n) is 7.19. The molecule has 0 N–H and O–H groups in total. The van der Waals surface area contributed by atoms with E-state index in [1.54, 1.807) is 13.1 Å². The molecule has 0 aromatic heterocycles. The number of Topliss-reactive ketones (excluding diaryl/α,β-unsaturated/α-hetero) is 1. The van der Waals surface area contributed by atoms with Crippen LogP contribution in [-0.4, -0.2) is 24.0 Å². The highest BCUT2D eigenvalue weighted by atomic mass is 32.2. The number of hydrogen-bond acceptors (Lipinski definition) is 3. The quantitative estimate of drug-likeness (QED) is 0.782. The van der Waals surface area contributed by atoms with Gasteiger partial charge < -0.3 is 4.90 Å². The predicted octanol–water partition coefficient (Wildman–Crippen LogP) is 3.52. The molecular weight excluding hydrogens is 270 g/mol. The summed E-state index contributed by atoms with van der Waals surface area (Å²) >= 11 is 1.89. The van der Waals surface area contributed by atoms with Gasteiger partial charge in [-0.25, -0.2) is 0 Å². The lowest BCUT2D eigenvalue weighted by Gasteiger charge is -2.26. The van der Waals surface area contributed by atoms with Crippen molar-refractivity contribution >= 4 is 29.1 Å². The number of rotatable bonds is 2. The van der Waals surface area contributed by atoms with Crippen LogP contribution in [0.3, 0.4) is 0 Å². The largest absolute Gasteiger partial charge is 0.308 e. The van der Waals surface area contributed by atoms with E-state index in [1.807, 2.05) is 23.9 Å². The molecule has 1 aliphatic carbocycles. The summed E-state index contributed by atoms with van der Waals surface area (Å²) in [5, 5.41) is 0.662. The molecule has 3 rings (SSSR count). The monoisotopic (exact) mass is 289 g/mol. The number of nitrogens with zero attached hydrogens (tertiary/aromatic N) is 1. The van der Waals surface area contributed by atoms with Gasteiger partial charge in [-0.3, -0.25) is 9.59 Å². The number of amides is 1. The van der Waals surface area contributed by atoms with Gasteiger partial charge in [0.15, 0.2) is 0 Å². The van der Waals surface area contributed by atoms with Crippen LogP contribution in [-0.2, 0) is 4.79 Å². The van der Waals surface area contributed by atoms with Gasteiger partial charge in [-0.15, -0.1) is 11.8 Å². The number of likely N-dealkylation sites (N-methyl/N-ethyl adjacent to an activating group) is 1. The lowest BCUT2D eigenvalue weighted by molar-refractivity contribution is -0.114. The molecular formula is C16H19NO2S. The Morgan fingerprint density at radius 1 is 1.25 bits per heavy atom. The lowest BCUT2D eigenvalue weighted by Crippen LogP contribution is -2.24. The molecule has 1 heterocycles. The minimum Gasteiger partial charge on any atom is -0.308 e. The van der Waals surface area contributed by atoms with E-state index in [0.29, 0.717) is 10.8 Å². The minimum atomic E-state index is -0.423. The molecule has 2 atom stereocenters. The lowest BCUT2D eigenvalue weighted by atomic mass is 9.91. The number of anilines is 1. The summed E-state index contributed by atoms with van der Waals surface area (Å²) in [6, 6.07) is 5.77. The predicted molar refractivity (Wildman–Crippen MR) is 81.5 cm³/mol. The summed E-state index contributed by atoms with van der Waals surface area (Å²) in [7, 11) is 1.67. The van der Waals surface area contributed by atoms with E-state index < -0.39 is 5.91 Å². The van der Waals surface area contributed by atoms with E-state index in [2.05, 4.69) is 6.92 Å². The number of hydrogen-bond donors (Lipinski definition) is 0. The van der Waals surface area contributed by atoms with Crippen molar-refractivity contribution in [3.05, 3.63) is 23.8 Å². The molecule has 106 valence electrons. The van der Waals surface area contributed by atoms with Gasteiger partial charge in [-0.2, -0.15) is 0 Å². The van der Waals surface area contributed by atoms with Crippen LogP contribution in [0.25, 0.3) is 0 Å². The highest BCUT2D eigenvalue weighted by Crippen LogP contribution is 2.39. The molecule has 0 saturated heterocycles. The van der Waals surface area contributed by atoms with E-state index in [4.69, 9.17) is 0 Å². The molecule has 1 amide bonds. The molecule has 0 radical (unpaired) electrons. The van der Waals surface area contributed by atoms with E-state index in [-0.39, 0.29) is 5.78 Å². The standard InChI is InChI=1S/C16H19NO2S/c1-10-4-3-5-11(8-10)20-12-6-7-13-14(9-12)17(2)16(19)15(13)18/h6-7,9-11H,3-5,8H2,1-2H3. The Labute approximate surface area is 123 Å². The molecule has 1 fully saturated rings. The smallest absolute Gasteiger partial charge is 0.299 e. The Hall–Kier alpha value is -1.29. The first-order chi connectivity index (χ1) is 9.56. The highest BCUT2D eigenvalue weighted by Gasteiger charge is 2.33. The fourth-order valence-electron chi connectivity index (χ4n) is 3.11. The Bertz CT molecular complexity index is 570. The molecule has 20 heavy (non-hydrogen) atoms. The summed E-state index contributed by atoms with van der Waals surface area (Å²) < 4.78 is 0. The van der Waals surface area contributed by atoms with Crippen LogP contribution in [0.1, 0.15) is 43.0 Å². The minimum absolute atomic E-state index is 0.384. The van der Waals surface area contributed by atoms with Crippen LogP contribution in [0.4, 0.5) is 5.69 Å². The van der Waals surface area contributed by atoms with E-state index in [9.17, 15) is 9.59 Å². The molecule has 4 heteroatoms. The fourth-order valence-corrected chi connectivity index (χ4v) is 4.53. The number of carbonyl (C=O) groups excluding carboxylic acids is 2. The van der Waals surface area contributed by atoms with E-state index in [0.717, 1.165) is 16.5 Å². The molecule has 0 bridgehead atoms. The second-order valence-corrected chi connectivity index (χ2v) is 7.26. The number of ketones is 1.